The first-order valence-corrected chi connectivity index (χ1v) is 9.48. The molecule has 1 aromatic heterocycles. The number of aliphatic hydroxyl groups is 1. The minimum absolute atomic E-state index is 0.0979. The first kappa shape index (κ1) is 18.6. The molecular formula is C19H28N4O3. The Morgan fingerprint density at radius 2 is 1.96 bits per heavy atom. The van der Waals surface area contributed by atoms with E-state index in [-0.39, 0.29) is 12.1 Å². The number of hydrogen-bond donors (Lipinski definition) is 3. The molecule has 1 atom stereocenters. The molecule has 1 aliphatic heterocycles. The van der Waals surface area contributed by atoms with E-state index < -0.39 is 11.8 Å². The molecule has 2 aliphatic rings. The molecule has 2 heterocycles. The molecule has 2 amide bonds. The Hall–Kier alpha value is -2.15. The van der Waals surface area contributed by atoms with Crippen molar-refractivity contribution in [2.24, 2.45) is 5.92 Å². The fraction of sp³-hybridized carbons (Fsp3) is 0.632. The molecule has 0 spiro atoms. The number of likely N-dealkylation sites (tertiary alicyclic amines) is 1. The summed E-state index contributed by atoms with van der Waals surface area (Å²) in [5, 5.41) is 12.4. The standard InChI is InChI=1S/C19H28N4O3/c1-12-10-14(11-21-17(12)20)22-18(25)19(26)23-9-3-2-4-16(23)13-5-7-15(24)8-6-13/h10-11,13,15-16,24H,2-9H2,1H3,(H2,20,21)(H,22,25)/t13-,15+,16-/m1/s1. The summed E-state index contributed by atoms with van der Waals surface area (Å²) < 4.78 is 0. The van der Waals surface area contributed by atoms with Crippen LogP contribution in [0.5, 0.6) is 0 Å². The van der Waals surface area contributed by atoms with E-state index in [2.05, 4.69) is 10.3 Å². The molecule has 3 rings (SSSR count). The highest BCUT2D eigenvalue weighted by Crippen LogP contribution is 2.34. The van der Waals surface area contributed by atoms with Gasteiger partial charge in [0.1, 0.15) is 5.82 Å². The lowest BCUT2D eigenvalue weighted by Gasteiger charge is -2.42. The fourth-order valence-electron chi connectivity index (χ4n) is 4.15. The largest absolute Gasteiger partial charge is 0.393 e. The summed E-state index contributed by atoms with van der Waals surface area (Å²) in [5.74, 6) is -0.324. The second-order valence-corrected chi connectivity index (χ2v) is 7.51. The zero-order chi connectivity index (χ0) is 18.7. The predicted octanol–water partition coefficient (Wildman–Crippen LogP) is 1.84. The summed E-state index contributed by atoms with van der Waals surface area (Å²) in [7, 11) is 0. The molecule has 1 saturated heterocycles. The van der Waals surface area contributed by atoms with Crippen LogP contribution in [0.4, 0.5) is 11.5 Å². The zero-order valence-electron chi connectivity index (χ0n) is 15.3. The second kappa shape index (κ2) is 8.03. The Morgan fingerprint density at radius 3 is 2.65 bits per heavy atom. The fourth-order valence-corrected chi connectivity index (χ4v) is 4.15. The van der Waals surface area contributed by atoms with Crippen LogP contribution in [0.2, 0.25) is 0 Å². The third-order valence-corrected chi connectivity index (χ3v) is 5.67. The van der Waals surface area contributed by atoms with Gasteiger partial charge in [0.05, 0.1) is 18.0 Å². The monoisotopic (exact) mass is 360 g/mol. The number of amides is 2. The van der Waals surface area contributed by atoms with Crippen molar-refractivity contribution in [3.05, 3.63) is 17.8 Å². The Bertz CT molecular complexity index is 671. The maximum atomic E-state index is 12.8. The summed E-state index contributed by atoms with van der Waals surface area (Å²) in [5.41, 5.74) is 6.92. The quantitative estimate of drug-likeness (QED) is 0.698. The molecule has 7 heteroatoms. The number of hydrogen-bond acceptors (Lipinski definition) is 5. The molecule has 0 bridgehead atoms. The van der Waals surface area contributed by atoms with Gasteiger partial charge in [0.25, 0.3) is 0 Å². The van der Waals surface area contributed by atoms with Crippen LogP contribution >= 0.6 is 0 Å². The van der Waals surface area contributed by atoms with Crippen molar-refractivity contribution in [2.75, 3.05) is 17.6 Å². The predicted molar refractivity (Wildman–Crippen MR) is 99.3 cm³/mol. The van der Waals surface area contributed by atoms with E-state index in [1.54, 1.807) is 17.9 Å². The molecule has 0 radical (unpaired) electrons. The number of anilines is 2. The second-order valence-electron chi connectivity index (χ2n) is 7.51. The average Bonchev–Trinajstić information content (AvgIpc) is 2.65. The summed E-state index contributed by atoms with van der Waals surface area (Å²) in [6.45, 7) is 2.42. The SMILES string of the molecule is Cc1cc(NC(=O)C(=O)N2CCCC[C@@H]2[C@H]2CC[C@@H](O)CC2)cnc1N. The summed E-state index contributed by atoms with van der Waals surface area (Å²) in [4.78, 5) is 31.0. The normalized spacial score (nSPS) is 26.4. The molecule has 4 N–H and O–H groups in total. The van der Waals surface area contributed by atoms with E-state index >= 15 is 0 Å². The molecule has 0 unspecified atom stereocenters. The minimum Gasteiger partial charge on any atom is -0.393 e. The van der Waals surface area contributed by atoms with E-state index in [1.807, 2.05) is 0 Å². The average molecular weight is 360 g/mol. The molecule has 1 aliphatic carbocycles. The minimum atomic E-state index is -0.626. The van der Waals surface area contributed by atoms with E-state index in [0.717, 1.165) is 50.5 Å². The molecule has 0 aromatic carbocycles. The van der Waals surface area contributed by atoms with Gasteiger partial charge in [-0.25, -0.2) is 4.98 Å². The molecule has 26 heavy (non-hydrogen) atoms. The van der Waals surface area contributed by atoms with Crippen molar-refractivity contribution in [3.63, 3.8) is 0 Å². The van der Waals surface area contributed by atoms with Crippen LogP contribution in [0.1, 0.15) is 50.5 Å². The van der Waals surface area contributed by atoms with Crippen molar-refractivity contribution in [1.82, 2.24) is 9.88 Å². The summed E-state index contributed by atoms with van der Waals surface area (Å²) in [6, 6.07) is 1.81. The van der Waals surface area contributed by atoms with Crippen molar-refractivity contribution in [1.29, 1.82) is 0 Å². The van der Waals surface area contributed by atoms with E-state index in [1.165, 1.54) is 6.20 Å². The lowest BCUT2D eigenvalue weighted by atomic mass is 9.79. The Kier molecular flexibility index (Phi) is 5.76. The highest BCUT2D eigenvalue weighted by Gasteiger charge is 2.37. The third-order valence-electron chi connectivity index (χ3n) is 5.67. The van der Waals surface area contributed by atoms with E-state index in [0.29, 0.717) is 24.0 Å². The number of nitrogens with zero attached hydrogens (tertiary/aromatic N) is 2. The Labute approximate surface area is 154 Å². The molecular weight excluding hydrogens is 332 g/mol. The van der Waals surface area contributed by atoms with Gasteiger partial charge in [0, 0.05) is 12.6 Å². The zero-order valence-corrected chi connectivity index (χ0v) is 15.3. The van der Waals surface area contributed by atoms with Crippen LogP contribution in [0.25, 0.3) is 0 Å². The number of carbonyl (C=O) groups excluding carboxylic acids is 2. The number of pyridine rings is 1. The Morgan fingerprint density at radius 1 is 1.23 bits per heavy atom. The first-order valence-electron chi connectivity index (χ1n) is 9.48. The molecule has 142 valence electrons. The Balaban J connectivity index is 1.67. The lowest BCUT2D eigenvalue weighted by molar-refractivity contribution is -0.147. The number of aryl methyl sites for hydroxylation is 1. The summed E-state index contributed by atoms with van der Waals surface area (Å²) in [6.07, 6.45) is 7.58. The summed E-state index contributed by atoms with van der Waals surface area (Å²) >= 11 is 0. The maximum absolute atomic E-state index is 12.8. The number of aromatic nitrogens is 1. The topological polar surface area (TPSA) is 109 Å². The maximum Gasteiger partial charge on any atom is 0.313 e. The van der Waals surface area contributed by atoms with Gasteiger partial charge in [-0.3, -0.25) is 9.59 Å². The van der Waals surface area contributed by atoms with Crippen LogP contribution in [0.3, 0.4) is 0 Å². The molecule has 2 fully saturated rings. The van der Waals surface area contributed by atoms with Crippen molar-refractivity contribution >= 4 is 23.3 Å². The van der Waals surface area contributed by atoms with Gasteiger partial charge in [-0.15, -0.1) is 0 Å². The van der Waals surface area contributed by atoms with Gasteiger partial charge in [0.15, 0.2) is 0 Å². The van der Waals surface area contributed by atoms with E-state index in [4.69, 9.17) is 5.73 Å². The van der Waals surface area contributed by atoms with Crippen LogP contribution < -0.4 is 11.1 Å². The molecule has 7 nitrogen and oxygen atoms in total. The van der Waals surface area contributed by atoms with Gasteiger partial charge in [-0.1, -0.05) is 0 Å². The first-order chi connectivity index (χ1) is 12.5. The highest BCUT2D eigenvalue weighted by atomic mass is 16.3. The highest BCUT2D eigenvalue weighted by molar-refractivity contribution is 6.39. The smallest absolute Gasteiger partial charge is 0.313 e. The van der Waals surface area contributed by atoms with E-state index in [9.17, 15) is 14.7 Å². The van der Waals surface area contributed by atoms with Crippen LogP contribution in [-0.4, -0.2) is 45.5 Å². The van der Waals surface area contributed by atoms with Crippen molar-refractivity contribution in [2.45, 2.75) is 64.0 Å². The number of rotatable bonds is 2. The van der Waals surface area contributed by atoms with Crippen molar-refractivity contribution in [3.8, 4) is 0 Å². The molecule has 1 aromatic rings. The number of piperidine rings is 1. The van der Waals surface area contributed by atoms with Crippen LogP contribution in [0, 0.1) is 12.8 Å². The van der Waals surface area contributed by atoms with Gasteiger partial charge in [-0.05, 0) is 69.4 Å². The van der Waals surface area contributed by atoms with Gasteiger partial charge in [-0.2, -0.15) is 0 Å². The van der Waals surface area contributed by atoms with Gasteiger partial charge in [0.2, 0.25) is 0 Å². The lowest BCUT2D eigenvalue weighted by Crippen LogP contribution is -2.51. The molecule has 1 saturated carbocycles. The third kappa shape index (κ3) is 4.15. The number of carbonyl (C=O) groups is 2. The number of nitrogens with two attached hydrogens (primary N) is 1. The van der Waals surface area contributed by atoms with Crippen LogP contribution in [0.15, 0.2) is 12.3 Å². The number of nitrogen functional groups attached to an aromatic ring is 1. The van der Waals surface area contributed by atoms with Crippen molar-refractivity contribution < 1.29 is 14.7 Å². The van der Waals surface area contributed by atoms with Gasteiger partial charge < -0.3 is 21.1 Å². The van der Waals surface area contributed by atoms with Gasteiger partial charge >= 0.3 is 11.8 Å². The van der Waals surface area contributed by atoms with Crippen LogP contribution in [-0.2, 0) is 9.59 Å². The number of nitrogens with one attached hydrogen (secondary N) is 1. The number of aliphatic hydroxyl groups excluding tert-OH is 1.